The van der Waals surface area contributed by atoms with Crippen molar-refractivity contribution in [3.63, 3.8) is 0 Å². The summed E-state index contributed by atoms with van der Waals surface area (Å²) in [4.78, 5) is 28.2. The van der Waals surface area contributed by atoms with Crippen LogP contribution in [0.4, 0.5) is 0 Å². The number of halogens is 3. The minimum Gasteiger partial charge on any atom is -0.493 e. The minimum atomic E-state index is -0.513. The molecule has 10 rings (SSSR count). The summed E-state index contributed by atoms with van der Waals surface area (Å²) in [6.07, 6.45) is 8.14. The highest BCUT2D eigenvalue weighted by Gasteiger charge is 2.40. The molecule has 1 amide bonds. The summed E-state index contributed by atoms with van der Waals surface area (Å²) in [6.45, 7) is 13.4. The molecule has 0 radical (unpaired) electrons. The SMILES string of the molecule is C1=C(c2ccccc2)c2ccccc2OC12CCNCC2.CCN(CC)CC.COc1ccc(C(=O)Cl)cc1OC.COc1ccc(C(=O)N2CCC3(C=C(c4ccccc4)c4ccccc4O3)CC2)cc1OC.ClCCl. The second-order valence-electron chi connectivity index (χ2n) is 18.4. The van der Waals surface area contributed by atoms with E-state index in [4.69, 9.17) is 63.2 Å². The van der Waals surface area contributed by atoms with Crippen LogP contribution < -0.4 is 33.7 Å². The van der Waals surface area contributed by atoms with Gasteiger partial charge in [0, 0.05) is 61.0 Å². The Bertz CT molecular complexity index is 2880. The summed E-state index contributed by atoms with van der Waals surface area (Å²) < 4.78 is 33.6. The lowest BCUT2D eigenvalue weighted by atomic mass is 9.83. The molecule has 2 saturated heterocycles. The van der Waals surface area contributed by atoms with Crippen molar-refractivity contribution in [2.24, 2.45) is 0 Å². The van der Waals surface area contributed by atoms with Crippen molar-refractivity contribution >= 4 is 57.1 Å². The highest BCUT2D eigenvalue weighted by molar-refractivity contribution is 6.67. The first kappa shape index (κ1) is 59.8. The van der Waals surface area contributed by atoms with Gasteiger partial charge in [-0.05, 0) is 127 Å². The molecule has 1 N–H and O–H groups in total. The highest BCUT2D eigenvalue weighted by Crippen LogP contribution is 2.45. The molecule has 0 saturated carbocycles. The van der Waals surface area contributed by atoms with Gasteiger partial charge < -0.3 is 43.5 Å². The topological polar surface area (TPSA) is 108 Å². The van der Waals surface area contributed by atoms with E-state index in [1.54, 1.807) is 44.6 Å². The second kappa shape index (κ2) is 29.9. The van der Waals surface area contributed by atoms with Crippen molar-refractivity contribution in [1.82, 2.24) is 15.1 Å². The number of carbonyl (C=O) groups excluding carboxylic acids is 2. The van der Waals surface area contributed by atoms with Crippen LogP contribution in [0.25, 0.3) is 11.1 Å². The predicted octanol–water partition coefficient (Wildman–Crippen LogP) is 13.7. The number of piperidine rings is 2. The van der Waals surface area contributed by atoms with Gasteiger partial charge >= 0.3 is 0 Å². The van der Waals surface area contributed by atoms with Crippen LogP contribution >= 0.6 is 34.8 Å². The van der Waals surface area contributed by atoms with E-state index >= 15 is 0 Å². The molecule has 4 heterocycles. The highest BCUT2D eigenvalue weighted by atomic mass is 35.5. The molecule has 2 spiro atoms. The van der Waals surface area contributed by atoms with Crippen molar-refractivity contribution in [1.29, 1.82) is 0 Å². The molecule has 4 aliphatic rings. The van der Waals surface area contributed by atoms with Gasteiger partial charge in [0.2, 0.25) is 0 Å². The molecule has 0 unspecified atom stereocenters. The number of benzene rings is 6. The average molecular weight is 1110 g/mol. The van der Waals surface area contributed by atoms with Gasteiger partial charge in [0.05, 0.1) is 33.8 Å². The number of methoxy groups -OCH3 is 4. The van der Waals surface area contributed by atoms with E-state index in [0.717, 1.165) is 55.8 Å². The van der Waals surface area contributed by atoms with Crippen LogP contribution in [0.3, 0.4) is 0 Å². The van der Waals surface area contributed by atoms with Gasteiger partial charge in [-0.1, -0.05) is 118 Å². The maximum Gasteiger partial charge on any atom is 0.253 e. The number of likely N-dealkylation sites (tertiary alicyclic amines) is 1. The standard InChI is InChI=1S/C28H27NO4.C19H19NO.C9H9ClO3.C6H15N.CH2Cl2/c1-31-25-13-12-21(18-26(25)32-2)27(30)29-16-14-28(15-17-29)19-23(20-8-4-3-5-9-20)22-10-6-7-11-24(22)33-28;1-2-6-15(7-3-1)17-14-19(10-12-20-13-11-19)21-18-9-5-4-8-16(17)18;1-12-7-4-3-6(9(10)11)5-8(7)13-2;1-4-7(5-2)6-3;2-1-3/h3-13,18-19H,14-17H2,1-2H3;1-9,14,20H,10-13H2;3-5H,1-2H3;4-6H2,1-3H3;1H2. The number of hydrogen-bond donors (Lipinski definition) is 1. The maximum absolute atomic E-state index is 13.2. The van der Waals surface area contributed by atoms with Crippen LogP contribution in [0.15, 0.2) is 158 Å². The molecule has 14 heteroatoms. The normalized spacial score (nSPS) is 15.1. The molecule has 6 aromatic rings. The molecule has 4 aliphatic heterocycles. The second-order valence-corrected chi connectivity index (χ2v) is 19.5. The van der Waals surface area contributed by atoms with Crippen molar-refractivity contribution in [3.8, 4) is 34.5 Å². The molecular formula is C63H72Cl3N3O8. The summed E-state index contributed by atoms with van der Waals surface area (Å²) in [5.74, 6) is 4.14. The Labute approximate surface area is 470 Å². The first-order chi connectivity index (χ1) is 37.4. The molecule has 2 fully saturated rings. The summed E-state index contributed by atoms with van der Waals surface area (Å²) >= 11 is 14.8. The van der Waals surface area contributed by atoms with Gasteiger partial charge in [0.15, 0.2) is 23.0 Å². The molecule has 408 valence electrons. The number of hydrogen-bond acceptors (Lipinski definition) is 10. The van der Waals surface area contributed by atoms with Crippen LogP contribution in [0, 0.1) is 0 Å². The summed E-state index contributed by atoms with van der Waals surface area (Å²) in [5.41, 5.74) is 7.67. The summed E-state index contributed by atoms with van der Waals surface area (Å²) in [7, 11) is 6.19. The third-order valence-electron chi connectivity index (χ3n) is 13.9. The number of carbonyl (C=O) groups is 2. The zero-order valence-electron chi connectivity index (χ0n) is 45.3. The molecule has 77 heavy (non-hydrogen) atoms. The van der Waals surface area contributed by atoms with E-state index in [9.17, 15) is 9.59 Å². The van der Waals surface area contributed by atoms with Gasteiger partial charge in [-0.2, -0.15) is 0 Å². The number of rotatable bonds is 11. The Hall–Kier alpha value is -6.47. The third-order valence-corrected chi connectivity index (χ3v) is 14.1. The molecular weight excluding hydrogens is 1030 g/mol. The lowest BCUT2D eigenvalue weighted by molar-refractivity contribution is 0.0326. The lowest BCUT2D eigenvalue weighted by Crippen LogP contribution is -2.49. The maximum atomic E-state index is 13.2. The quantitative estimate of drug-likeness (QED) is 0.0995. The summed E-state index contributed by atoms with van der Waals surface area (Å²) in [6, 6.07) is 47.7. The molecule has 11 nitrogen and oxygen atoms in total. The molecule has 0 aliphatic carbocycles. The third kappa shape index (κ3) is 15.8. The number of amides is 1. The van der Waals surface area contributed by atoms with Crippen molar-refractivity contribution in [3.05, 3.63) is 191 Å². The Kier molecular flexibility index (Phi) is 23.2. The van der Waals surface area contributed by atoms with E-state index < -0.39 is 10.8 Å². The Morgan fingerprint density at radius 3 is 1.34 bits per heavy atom. The number of nitrogens with zero attached hydrogens (tertiary/aromatic N) is 2. The van der Waals surface area contributed by atoms with Gasteiger partial charge in [-0.25, -0.2) is 0 Å². The van der Waals surface area contributed by atoms with Crippen LogP contribution in [0.1, 0.15) is 89.4 Å². The van der Waals surface area contributed by atoms with Crippen molar-refractivity contribution in [2.75, 3.05) is 79.6 Å². The fraction of sp³-hybridized carbons (Fsp3) is 0.333. The molecule has 0 bridgehead atoms. The molecule has 0 atom stereocenters. The summed E-state index contributed by atoms with van der Waals surface area (Å²) in [5, 5.41) is 3.11. The van der Waals surface area contributed by atoms with E-state index in [2.05, 4.69) is 128 Å². The number of alkyl halides is 2. The van der Waals surface area contributed by atoms with Gasteiger partial charge in [0.1, 0.15) is 22.7 Å². The van der Waals surface area contributed by atoms with E-state index in [1.807, 2.05) is 29.2 Å². The monoisotopic (exact) mass is 1100 g/mol. The van der Waals surface area contributed by atoms with Gasteiger partial charge in [-0.3, -0.25) is 9.59 Å². The Morgan fingerprint density at radius 1 is 0.545 bits per heavy atom. The Balaban J connectivity index is 0.000000186. The molecule has 0 aromatic heterocycles. The Morgan fingerprint density at radius 2 is 0.935 bits per heavy atom. The van der Waals surface area contributed by atoms with Crippen LogP contribution in [0.2, 0.25) is 0 Å². The predicted molar refractivity (Wildman–Crippen MR) is 313 cm³/mol. The molecule has 6 aromatic carbocycles. The van der Waals surface area contributed by atoms with Crippen molar-refractivity contribution < 1.29 is 38.0 Å². The lowest BCUT2D eigenvalue weighted by Gasteiger charge is -2.43. The number of ether oxygens (including phenoxy) is 6. The van der Waals surface area contributed by atoms with E-state index in [-0.39, 0.29) is 16.8 Å². The largest absolute Gasteiger partial charge is 0.493 e. The van der Waals surface area contributed by atoms with Crippen LogP contribution in [-0.2, 0) is 0 Å². The minimum absolute atomic E-state index is 0.00530. The van der Waals surface area contributed by atoms with E-state index in [1.165, 1.54) is 67.8 Å². The van der Waals surface area contributed by atoms with E-state index in [0.29, 0.717) is 47.2 Å². The van der Waals surface area contributed by atoms with Crippen LogP contribution in [-0.4, -0.2) is 112 Å². The zero-order chi connectivity index (χ0) is 55.2. The van der Waals surface area contributed by atoms with Crippen LogP contribution in [0.5, 0.6) is 34.5 Å². The first-order valence-corrected chi connectivity index (χ1v) is 27.5. The van der Waals surface area contributed by atoms with Crippen molar-refractivity contribution in [2.45, 2.75) is 57.7 Å². The smallest absolute Gasteiger partial charge is 0.253 e. The van der Waals surface area contributed by atoms with Gasteiger partial charge in [-0.15, -0.1) is 23.2 Å². The number of nitrogens with one attached hydrogen (secondary N) is 1. The fourth-order valence-electron chi connectivity index (χ4n) is 9.66. The number of fused-ring (bicyclic) bond motifs is 2. The number of para-hydroxylation sites is 2. The van der Waals surface area contributed by atoms with Gasteiger partial charge in [0.25, 0.3) is 11.1 Å². The first-order valence-electron chi connectivity index (χ1n) is 26.1. The average Bonchev–Trinajstić information content (AvgIpc) is 3.48. The zero-order valence-corrected chi connectivity index (χ0v) is 47.6. The fourth-order valence-corrected chi connectivity index (χ4v) is 9.78.